The van der Waals surface area contributed by atoms with E-state index in [-0.39, 0.29) is 12.3 Å². The van der Waals surface area contributed by atoms with Gasteiger partial charge >= 0.3 is 17.9 Å². The van der Waals surface area contributed by atoms with E-state index in [1.165, 1.54) is 18.7 Å². The molecule has 200 valence electrons. The second-order valence-corrected chi connectivity index (χ2v) is 8.33. The van der Waals surface area contributed by atoms with Crippen LogP contribution in [0, 0.1) is 0 Å². The molecule has 2 heterocycles. The van der Waals surface area contributed by atoms with Crippen LogP contribution in [0.2, 0.25) is 0 Å². The van der Waals surface area contributed by atoms with Gasteiger partial charge in [0, 0.05) is 39.8 Å². The summed E-state index contributed by atoms with van der Waals surface area (Å²) in [5, 5.41) is 6.62. The van der Waals surface area contributed by atoms with E-state index in [2.05, 4.69) is 10.5 Å². The molecule has 2 amide bonds. The van der Waals surface area contributed by atoms with Gasteiger partial charge in [0.2, 0.25) is 5.91 Å². The second kappa shape index (κ2) is 11.8. The van der Waals surface area contributed by atoms with Crippen molar-refractivity contribution in [2.75, 3.05) is 18.1 Å². The number of likely N-dealkylation sites (N-methyl/N-ethyl adjacent to an activating group) is 1. The van der Waals surface area contributed by atoms with Gasteiger partial charge in [-0.25, -0.2) is 0 Å². The third kappa shape index (κ3) is 6.42. The van der Waals surface area contributed by atoms with Crippen molar-refractivity contribution < 1.29 is 47.8 Å². The first-order valence-electron chi connectivity index (χ1n) is 11.6. The standard InChI is InChI=1S/C24H29N3O10/c1-6-27-17-10-8-7-9-16(17)19(23(27)32)26-37-24-20(25-12(2)28)22(35-15(5)31)21(34-14(4)30)18(36-24)11-33-13(3)29/h7-10,18,20-22,24H,6,11H2,1-5H3,(H,25,28)/b26-19-/t18-,20+,21+,22+,24+/m1/s1. The lowest BCUT2D eigenvalue weighted by Crippen LogP contribution is -2.66. The van der Waals surface area contributed by atoms with Crippen LogP contribution in [0.15, 0.2) is 29.4 Å². The number of para-hydroxylation sites is 1. The third-order valence-corrected chi connectivity index (χ3v) is 5.53. The van der Waals surface area contributed by atoms with Crippen molar-refractivity contribution in [3.63, 3.8) is 0 Å². The lowest BCUT2D eigenvalue weighted by Gasteiger charge is -2.43. The molecule has 2 aliphatic heterocycles. The fourth-order valence-corrected chi connectivity index (χ4v) is 4.15. The Morgan fingerprint density at radius 3 is 2.24 bits per heavy atom. The van der Waals surface area contributed by atoms with Crippen LogP contribution in [0.1, 0.15) is 40.2 Å². The number of ether oxygens (including phenoxy) is 4. The fourth-order valence-electron chi connectivity index (χ4n) is 4.15. The Balaban J connectivity index is 2.00. The number of hydrogen-bond acceptors (Lipinski definition) is 11. The number of anilines is 1. The average Bonchev–Trinajstić information content (AvgIpc) is 3.09. The van der Waals surface area contributed by atoms with Crippen molar-refractivity contribution in [2.45, 2.75) is 65.3 Å². The molecule has 37 heavy (non-hydrogen) atoms. The van der Waals surface area contributed by atoms with Gasteiger partial charge in [0.15, 0.2) is 17.9 Å². The summed E-state index contributed by atoms with van der Waals surface area (Å²) in [7, 11) is 0. The van der Waals surface area contributed by atoms with E-state index >= 15 is 0 Å². The Labute approximate surface area is 213 Å². The number of nitrogens with zero attached hydrogens (tertiary/aromatic N) is 2. The first-order chi connectivity index (χ1) is 17.5. The van der Waals surface area contributed by atoms with Gasteiger partial charge in [-0.15, -0.1) is 0 Å². The number of esters is 3. The number of nitrogens with one attached hydrogen (secondary N) is 1. The normalized spacial score (nSPS) is 25.8. The summed E-state index contributed by atoms with van der Waals surface area (Å²) < 4.78 is 21.7. The molecule has 1 aromatic rings. The van der Waals surface area contributed by atoms with Crippen LogP contribution < -0.4 is 10.2 Å². The number of amides is 2. The lowest BCUT2D eigenvalue weighted by molar-refractivity contribution is -0.278. The molecule has 1 N–H and O–H groups in total. The lowest BCUT2D eigenvalue weighted by atomic mass is 9.96. The zero-order valence-corrected chi connectivity index (χ0v) is 21.1. The van der Waals surface area contributed by atoms with Crippen molar-refractivity contribution in [3.05, 3.63) is 29.8 Å². The van der Waals surface area contributed by atoms with Gasteiger partial charge in [-0.2, -0.15) is 0 Å². The summed E-state index contributed by atoms with van der Waals surface area (Å²) in [5.41, 5.74) is 1.19. The van der Waals surface area contributed by atoms with E-state index in [1.54, 1.807) is 24.3 Å². The predicted molar refractivity (Wildman–Crippen MR) is 126 cm³/mol. The molecule has 3 rings (SSSR count). The molecule has 1 fully saturated rings. The number of carbonyl (C=O) groups excluding carboxylic acids is 5. The molecular formula is C24H29N3O10. The van der Waals surface area contributed by atoms with Crippen LogP contribution in [0.4, 0.5) is 5.69 Å². The highest BCUT2D eigenvalue weighted by Gasteiger charge is 2.52. The molecule has 0 bridgehead atoms. The molecule has 2 aliphatic rings. The molecule has 0 aliphatic carbocycles. The predicted octanol–water partition coefficient (Wildman–Crippen LogP) is 0.430. The zero-order chi connectivity index (χ0) is 27.3. The molecule has 0 radical (unpaired) electrons. The van der Waals surface area contributed by atoms with Gasteiger partial charge in [-0.3, -0.25) is 24.0 Å². The average molecular weight is 520 g/mol. The Hall–Kier alpha value is -4.00. The number of carbonyl (C=O) groups is 5. The van der Waals surface area contributed by atoms with Crippen LogP contribution in [0.25, 0.3) is 0 Å². The molecule has 1 saturated heterocycles. The minimum Gasteiger partial charge on any atom is -0.463 e. The van der Waals surface area contributed by atoms with Crippen LogP contribution in [-0.2, 0) is 47.8 Å². The highest BCUT2D eigenvalue weighted by atomic mass is 16.8. The minimum atomic E-state index is -1.43. The molecule has 5 atom stereocenters. The SMILES string of the molecule is CCN1C(=O)/C(=N\O[C@@H]2O[C@H](COC(C)=O)[C@H](OC(C)=O)[C@@H](OC(C)=O)[C@@H]2NC(C)=O)c2ccccc21. The fraction of sp³-hybridized carbons (Fsp3) is 0.500. The number of fused-ring (bicyclic) bond motifs is 1. The van der Waals surface area contributed by atoms with Crippen LogP contribution in [0.3, 0.4) is 0 Å². The largest absolute Gasteiger partial charge is 0.463 e. The number of hydrogen-bond donors (Lipinski definition) is 1. The van der Waals surface area contributed by atoms with Gasteiger partial charge in [-0.1, -0.05) is 23.4 Å². The quantitative estimate of drug-likeness (QED) is 0.290. The highest BCUT2D eigenvalue weighted by Crippen LogP contribution is 2.31. The maximum atomic E-state index is 13.0. The van der Waals surface area contributed by atoms with Gasteiger partial charge in [-0.05, 0) is 13.0 Å². The summed E-state index contributed by atoms with van der Waals surface area (Å²) in [6.45, 7) is 6.49. The molecular weight excluding hydrogens is 490 g/mol. The molecule has 0 spiro atoms. The van der Waals surface area contributed by atoms with Crippen LogP contribution in [0.5, 0.6) is 0 Å². The summed E-state index contributed by atoms with van der Waals surface area (Å²) in [6, 6.07) is 5.80. The third-order valence-electron chi connectivity index (χ3n) is 5.53. The van der Waals surface area contributed by atoms with E-state index in [0.717, 1.165) is 13.8 Å². The number of benzene rings is 1. The summed E-state index contributed by atoms with van der Waals surface area (Å²) in [4.78, 5) is 67.4. The van der Waals surface area contributed by atoms with Gasteiger partial charge in [0.05, 0.1) is 5.69 Å². The Kier molecular flexibility index (Phi) is 8.81. The van der Waals surface area contributed by atoms with E-state index in [4.69, 9.17) is 23.8 Å². The maximum Gasteiger partial charge on any atom is 0.303 e. The van der Waals surface area contributed by atoms with E-state index in [1.807, 2.05) is 6.92 Å². The second-order valence-electron chi connectivity index (χ2n) is 8.33. The van der Waals surface area contributed by atoms with E-state index in [9.17, 15) is 24.0 Å². The van der Waals surface area contributed by atoms with Gasteiger partial charge < -0.3 is 34.0 Å². The molecule has 13 nitrogen and oxygen atoms in total. The van der Waals surface area contributed by atoms with Crippen LogP contribution in [-0.4, -0.2) is 79.2 Å². The van der Waals surface area contributed by atoms with E-state index in [0.29, 0.717) is 17.8 Å². The van der Waals surface area contributed by atoms with Crippen molar-refractivity contribution in [1.29, 1.82) is 0 Å². The number of oxime groups is 1. The monoisotopic (exact) mass is 519 g/mol. The topological polar surface area (TPSA) is 159 Å². The van der Waals surface area contributed by atoms with Gasteiger partial charge in [0.1, 0.15) is 18.8 Å². The molecule has 0 aromatic heterocycles. The summed E-state index contributed by atoms with van der Waals surface area (Å²) in [5.74, 6) is -3.04. The smallest absolute Gasteiger partial charge is 0.303 e. The molecule has 0 saturated carbocycles. The Morgan fingerprint density at radius 2 is 1.65 bits per heavy atom. The summed E-state index contributed by atoms with van der Waals surface area (Å²) >= 11 is 0. The van der Waals surface area contributed by atoms with Crippen LogP contribution >= 0.6 is 0 Å². The van der Waals surface area contributed by atoms with Crippen molar-refractivity contribution in [2.24, 2.45) is 5.16 Å². The van der Waals surface area contributed by atoms with Crippen molar-refractivity contribution >= 4 is 41.1 Å². The van der Waals surface area contributed by atoms with Crippen molar-refractivity contribution in [1.82, 2.24) is 5.32 Å². The first kappa shape index (κ1) is 27.6. The van der Waals surface area contributed by atoms with Crippen molar-refractivity contribution in [3.8, 4) is 0 Å². The Morgan fingerprint density at radius 1 is 1.00 bits per heavy atom. The summed E-state index contributed by atoms with van der Waals surface area (Å²) in [6.07, 6.45) is -5.16. The number of rotatable bonds is 8. The maximum absolute atomic E-state index is 13.0. The first-order valence-corrected chi connectivity index (χ1v) is 11.6. The molecule has 0 unspecified atom stereocenters. The molecule has 1 aromatic carbocycles. The van der Waals surface area contributed by atoms with Gasteiger partial charge in [0.25, 0.3) is 12.2 Å². The Bertz CT molecular complexity index is 1100. The van der Waals surface area contributed by atoms with E-state index < -0.39 is 60.4 Å². The minimum absolute atomic E-state index is 0.00491. The molecule has 13 heteroatoms. The zero-order valence-electron chi connectivity index (χ0n) is 21.1. The highest BCUT2D eigenvalue weighted by molar-refractivity contribution is 6.54.